The lowest BCUT2D eigenvalue weighted by Gasteiger charge is -2.45. The number of aliphatic imine (C=N–C) groups is 2. The molecule has 1 saturated carbocycles. The van der Waals surface area contributed by atoms with E-state index in [4.69, 9.17) is 41.9 Å². The minimum absolute atomic E-state index is 0.140. The summed E-state index contributed by atoms with van der Waals surface area (Å²) in [7, 11) is 1.42. The zero-order valence-electron chi connectivity index (χ0n) is 21.7. The molecule has 19 heteroatoms. The number of rotatable bonds is 9. The van der Waals surface area contributed by atoms with Crippen LogP contribution in [0.4, 0.5) is 0 Å². The second kappa shape index (κ2) is 12.7. The molecule has 2 aliphatic heterocycles. The van der Waals surface area contributed by atoms with Crippen LogP contribution in [-0.4, -0.2) is 159 Å². The van der Waals surface area contributed by atoms with Crippen molar-refractivity contribution in [2.75, 3.05) is 13.7 Å². The fraction of sp³-hybridized carbons (Fsp3) is 0.857. The summed E-state index contributed by atoms with van der Waals surface area (Å²) in [5.41, 5.74) is 19.4. The van der Waals surface area contributed by atoms with E-state index in [1.807, 2.05) is 0 Å². The van der Waals surface area contributed by atoms with Crippen molar-refractivity contribution in [3.8, 4) is 0 Å². The number of hydrogen-bond donors (Lipinski definition) is 12. The summed E-state index contributed by atoms with van der Waals surface area (Å²) in [5, 5.41) is 76.6. The van der Waals surface area contributed by atoms with Crippen molar-refractivity contribution in [3.63, 3.8) is 0 Å². The first-order valence-electron chi connectivity index (χ1n) is 12.4. The zero-order chi connectivity index (χ0) is 30.1. The maximum Gasteiger partial charge on any atom is 0.188 e. The molecule has 15 atom stereocenters. The second-order valence-electron chi connectivity index (χ2n) is 9.89. The highest BCUT2D eigenvalue weighted by molar-refractivity contribution is 5.76. The Kier molecular flexibility index (Phi) is 10.2. The summed E-state index contributed by atoms with van der Waals surface area (Å²) in [6.45, 7) is 0.620. The number of ether oxygens (including phenoxy) is 4. The number of aldehydes is 1. The van der Waals surface area contributed by atoms with Crippen LogP contribution in [0.1, 0.15) is 6.92 Å². The van der Waals surface area contributed by atoms with E-state index in [1.165, 1.54) is 14.0 Å². The molecule has 3 aliphatic rings. The monoisotopic (exact) mass is 581 g/mol. The average molecular weight is 582 g/mol. The molecular formula is C21H39N7O12. The smallest absolute Gasteiger partial charge is 0.188 e. The van der Waals surface area contributed by atoms with E-state index in [2.05, 4.69) is 15.3 Å². The summed E-state index contributed by atoms with van der Waals surface area (Å²) in [6.07, 6.45) is -17.3. The third-order valence-electron chi connectivity index (χ3n) is 7.34. The maximum atomic E-state index is 12.1. The van der Waals surface area contributed by atoms with E-state index in [9.17, 15) is 40.5 Å². The lowest BCUT2D eigenvalue weighted by Crippen LogP contribution is -2.66. The molecule has 0 aromatic heterocycles. The first kappa shape index (κ1) is 32.2. The number of likely N-dealkylation sites (N-methyl/N-ethyl adjacent to an activating group) is 1. The van der Waals surface area contributed by atoms with Crippen molar-refractivity contribution in [2.24, 2.45) is 32.9 Å². The Morgan fingerprint density at radius 3 is 2.02 bits per heavy atom. The van der Waals surface area contributed by atoms with Crippen LogP contribution in [0.15, 0.2) is 9.98 Å². The third-order valence-corrected chi connectivity index (χ3v) is 7.34. The molecule has 0 aromatic carbocycles. The Bertz CT molecular complexity index is 940. The van der Waals surface area contributed by atoms with Crippen molar-refractivity contribution in [3.05, 3.63) is 0 Å². The van der Waals surface area contributed by atoms with Crippen LogP contribution < -0.4 is 28.3 Å². The van der Waals surface area contributed by atoms with Gasteiger partial charge in [-0.25, -0.2) is 9.98 Å². The molecule has 0 unspecified atom stereocenters. The normalized spacial score (nSPS) is 47.4. The molecule has 0 spiro atoms. The summed E-state index contributed by atoms with van der Waals surface area (Å²) < 4.78 is 22.9. The highest BCUT2D eigenvalue weighted by Crippen LogP contribution is 2.38. The van der Waals surface area contributed by atoms with Gasteiger partial charge in [0.2, 0.25) is 0 Å². The number of guanidine groups is 2. The molecule has 1 aliphatic carbocycles. The molecule has 230 valence electrons. The van der Waals surface area contributed by atoms with Crippen molar-refractivity contribution in [1.29, 1.82) is 0 Å². The molecular weight excluding hydrogens is 542 g/mol. The summed E-state index contributed by atoms with van der Waals surface area (Å²) >= 11 is 0. The minimum Gasteiger partial charge on any atom is -0.394 e. The molecule has 3 fully saturated rings. The van der Waals surface area contributed by atoms with Crippen LogP contribution in [0.3, 0.4) is 0 Å². The van der Waals surface area contributed by atoms with Gasteiger partial charge in [-0.1, -0.05) is 0 Å². The van der Waals surface area contributed by atoms with Gasteiger partial charge in [0.05, 0.1) is 18.8 Å². The van der Waals surface area contributed by atoms with E-state index in [1.54, 1.807) is 0 Å². The Labute approximate surface area is 228 Å². The third kappa shape index (κ3) is 6.00. The first-order valence-corrected chi connectivity index (χ1v) is 12.4. The van der Waals surface area contributed by atoms with Gasteiger partial charge >= 0.3 is 0 Å². The number of carbonyl (C=O) groups excluding carboxylic acids is 1. The number of aliphatic hydroxyl groups is 7. The standard InChI is InChI=1S/C21H39N7O12/c1-5-21(36,4-30)16(40-17-9(26-2)13(34)10(31)6(3-29)38-17)18(37-5)39-15-8(28-20(24)25)11(32)7(27-19(22)23)12(33)14(15)35/h4-18,26,29,31-36H,3H2,1-2H3,(H4,22,23,27)(H4,24,25,28)/t5-,6+,7+,8-,9-,10-,11-,12+,13+,14+,15-,16-,17-,18+,21-/m1/s1. The van der Waals surface area contributed by atoms with E-state index in [-0.39, 0.29) is 6.29 Å². The summed E-state index contributed by atoms with van der Waals surface area (Å²) in [5.74, 6) is -1.03. The minimum atomic E-state index is -2.38. The summed E-state index contributed by atoms with van der Waals surface area (Å²) in [6, 6.07) is -4.08. The Morgan fingerprint density at radius 1 is 0.900 bits per heavy atom. The molecule has 2 saturated heterocycles. The van der Waals surface area contributed by atoms with Crippen molar-refractivity contribution in [1.82, 2.24) is 5.32 Å². The first-order chi connectivity index (χ1) is 18.7. The molecule has 0 bridgehead atoms. The number of nitrogens with zero attached hydrogens (tertiary/aromatic N) is 2. The van der Waals surface area contributed by atoms with Crippen LogP contribution >= 0.6 is 0 Å². The van der Waals surface area contributed by atoms with Gasteiger partial charge in [0.1, 0.15) is 60.9 Å². The van der Waals surface area contributed by atoms with E-state index in [0.717, 1.165) is 0 Å². The van der Waals surface area contributed by atoms with Gasteiger partial charge in [-0.3, -0.25) is 4.79 Å². The fourth-order valence-corrected chi connectivity index (χ4v) is 5.08. The van der Waals surface area contributed by atoms with Crippen LogP contribution in [0, 0.1) is 0 Å². The fourth-order valence-electron chi connectivity index (χ4n) is 5.08. The number of nitrogens with one attached hydrogen (secondary N) is 1. The number of aliphatic hydroxyl groups excluding tert-OH is 6. The highest BCUT2D eigenvalue weighted by Gasteiger charge is 2.60. The predicted octanol–water partition coefficient (Wildman–Crippen LogP) is -8.16. The molecule has 0 aromatic rings. The van der Waals surface area contributed by atoms with Crippen LogP contribution in [0.5, 0.6) is 0 Å². The van der Waals surface area contributed by atoms with Crippen LogP contribution in [-0.2, 0) is 23.7 Å². The topological polar surface area (TPSA) is 336 Å². The lowest BCUT2D eigenvalue weighted by molar-refractivity contribution is -0.314. The van der Waals surface area contributed by atoms with Gasteiger partial charge in [0.15, 0.2) is 36.4 Å². The number of nitrogens with two attached hydrogens (primary N) is 4. The molecule has 2 heterocycles. The van der Waals surface area contributed by atoms with Gasteiger partial charge < -0.3 is 82.9 Å². The van der Waals surface area contributed by atoms with E-state index >= 15 is 0 Å². The second-order valence-corrected chi connectivity index (χ2v) is 9.89. The number of hydrogen-bond acceptors (Lipinski definition) is 15. The van der Waals surface area contributed by atoms with Gasteiger partial charge in [0.25, 0.3) is 0 Å². The molecule has 40 heavy (non-hydrogen) atoms. The van der Waals surface area contributed by atoms with Gasteiger partial charge in [0, 0.05) is 0 Å². The molecule has 0 radical (unpaired) electrons. The van der Waals surface area contributed by atoms with Gasteiger partial charge in [-0.2, -0.15) is 0 Å². The predicted molar refractivity (Wildman–Crippen MR) is 133 cm³/mol. The Hall–Kier alpha value is -2.27. The lowest BCUT2D eigenvalue weighted by atomic mass is 9.81. The van der Waals surface area contributed by atoms with Gasteiger partial charge in [-0.05, 0) is 14.0 Å². The number of carbonyl (C=O) groups is 1. The largest absolute Gasteiger partial charge is 0.394 e. The molecule has 16 N–H and O–H groups in total. The van der Waals surface area contributed by atoms with Crippen LogP contribution in [0.2, 0.25) is 0 Å². The average Bonchev–Trinajstić information content (AvgIpc) is 3.13. The summed E-state index contributed by atoms with van der Waals surface area (Å²) in [4.78, 5) is 19.7. The highest BCUT2D eigenvalue weighted by atomic mass is 16.8. The van der Waals surface area contributed by atoms with Crippen molar-refractivity contribution >= 4 is 18.2 Å². The quantitative estimate of drug-likeness (QED) is 0.0682. The van der Waals surface area contributed by atoms with Gasteiger partial charge in [-0.15, -0.1) is 0 Å². The molecule has 3 rings (SSSR count). The van der Waals surface area contributed by atoms with Crippen molar-refractivity contribution in [2.45, 2.75) is 98.2 Å². The van der Waals surface area contributed by atoms with E-state index < -0.39 is 110 Å². The van der Waals surface area contributed by atoms with E-state index in [0.29, 0.717) is 0 Å². The SMILES string of the molecule is CN[C@H]1[C@@H](O[C@@H]2[C@H](O[C@H]3[C@@H](O)[C@@H](O)[C@@H](N=C(N)N)[C@@H](O)[C@H]3N=C(N)N)O[C@H](C)[C@]2(O)C=O)O[C@@H](CO)[C@@H](O)[C@H]1O. The molecule has 19 nitrogen and oxygen atoms in total. The Morgan fingerprint density at radius 2 is 1.50 bits per heavy atom. The maximum absolute atomic E-state index is 12.1. The molecule has 0 amide bonds. The van der Waals surface area contributed by atoms with Crippen LogP contribution in [0.25, 0.3) is 0 Å². The van der Waals surface area contributed by atoms with Crippen molar-refractivity contribution < 1.29 is 59.5 Å². The Balaban J connectivity index is 1.96. The zero-order valence-corrected chi connectivity index (χ0v) is 21.7.